The lowest BCUT2D eigenvalue weighted by Crippen LogP contribution is -2.32. The fourth-order valence-electron chi connectivity index (χ4n) is 1.26. The molecule has 1 aliphatic rings. The monoisotopic (exact) mass is 239 g/mol. The Labute approximate surface area is 100 Å². The summed E-state index contributed by atoms with van der Waals surface area (Å²) in [5.74, 6) is 0.236. The molecule has 1 aromatic rings. The zero-order chi connectivity index (χ0) is 12.7. The third kappa shape index (κ3) is 4.93. The lowest BCUT2D eigenvalue weighted by Gasteiger charge is -2.21. The molecule has 2 rings (SSSR count). The average molecular weight is 239 g/mol. The van der Waals surface area contributed by atoms with Gasteiger partial charge >= 0.3 is 0 Å². The van der Waals surface area contributed by atoms with E-state index in [0.717, 1.165) is 26.3 Å². The standard InChI is InChI=1S/C7H6O3.C5H11NO/c1-5(9)7-3-2-6(4-8)10-7;1-6-2-4-7-5-3-6/h2-4H,1H3;2-5H2,1H3. The third-order valence-electron chi connectivity index (χ3n) is 2.32. The number of hydrogen-bond donors (Lipinski definition) is 0. The van der Waals surface area contributed by atoms with Gasteiger partial charge in [-0.3, -0.25) is 9.59 Å². The van der Waals surface area contributed by atoms with Gasteiger partial charge in [-0.1, -0.05) is 0 Å². The first-order valence-electron chi connectivity index (χ1n) is 5.45. The molecule has 0 saturated carbocycles. The summed E-state index contributed by atoms with van der Waals surface area (Å²) < 4.78 is 9.87. The number of likely N-dealkylation sites (N-methyl/N-ethyl adjacent to an activating group) is 1. The molecule has 5 nitrogen and oxygen atoms in total. The highest BCUT2D eigenvalue weighted by atomic mass is 16.5. The van der Waals surface area contributed by atoms with Crippen LogP contribution in [0.1, 0.15) is 28.0 Å². The number of Topliss-reactive ketones (excluding diaryl/α,β-unsaturated/α-hetero) is 1. The number of rotatable bonds is 2. The lowest BCUT2D eigenvalue weighted by atomic mass is 10.3. The van der Waals surface area contributed by atoms with Crippen LogP contribution >= 0.6 is 0 Å². The number of morpholine rings is 1. The Balaban J connectivity index is 0.000000181. The zero-order valence-electron chi connectivity index (χ0n) is 10.1. The van der Waals surface area contributed by atoms with E-state index >= 15 is 0 Å². The van der Waals surface area contributed by atoms with Crippen LogP contribution in [0.3, 0.4) is 0 Å². The second kappa shape index (κ2) is 6.98. The van der Waals surface area contributed by atoms with Crippen LogP contribution < -0.4 is 0 Å². The quantitative estimate of drug-likeness (QED) is 0.574. The first kappa shape index (κ1) is 13.6. The average Bonchev–Trinajstić information content (AvgIpc) is 2.79. The molecule has 1 aromatic heterocycles. The Hall–Kier alpha value is -1.46. The van der Waals surface area contributed by atoms with Crippen LogP contribution in [0.4, 0.5) is 0 Å². The van der Waals surface area contributed by atoms with E-state index in [9.17, 15) is 9.59 Å². The van der Waals surface area contributed by atoms with Crippen LogP contribution in [-0.2, 0) is 4.74 Å². The molecule has 0 bridgehead atoms. The minimum atomic E-state index is -0.173. The van der Waals surface area contributed by atoms with Crippen molar-refractivity contribution in [2.45, 2.75) is 6.92 Å². The van der Waals surface area contributed by atoms with Gasteiger partial charge in [0.1, 0.15) is 0 Å². The summed E-state index contributed by atoms with van der Waals surface area (Å²) >= 11 is 0. The second-order valence-corrected chi connectivity index (χ2v) is 3.79. The number of hydrogen-bond acceptors (Lipinski definition) is 5. The number of ketones is 1. The van der Waals surface area contributed by atoms with Crippen LogP contribution in [-0.4, -0.2) is 50.3 Å². The van der Waals surface area contributed by atoms with E-state index < -0.39 is 0 Å². The molecule has 0 radical (unpaired) electrons. The summed E-state index contributed by atoms with van der Waals surface area (Å²) in [5.41, 5.74) is 0. The Morgan fingerprint density at radius 2 is 2.00 bits per heavy atom. The number of carbonyl (C=O) groups excluding carboxylic acids is 2. The maximum Gasteiger partial charge on any atom is 0.194 e. The molecule has 1 fully saturated rings. The minimum absolute atomic E-state index is 0.173. The van der Waals surface area contributed by atoms with Crippen LogP contribution in [0, 0.1) is 0 Å². The van der Waals surface area contributed by atoms with Crippen LogP contribution in [0.2, 0.25) is 0 Å². The molecule has 17 heavy (non-hydrogen) atoms. The smallest absolute Gasteiger partial charge is 0.194 e. The summed E-state index contributed by atoms with van der Waals surface area (Å²) in [4.78, 5) is 22.9. The molecule has 0 amide bonds. The number of furan rings is 1. The van der Waals surface area contributed by atoms with E-state index in [1.807, 2.05) is 0 Å². The van der Waals surface area contributed by atoms with Crippen LogP contribution in [0.5, 0.6) is 0 Å². The predicted molar refractivity (Wildman–Crippen MR) is 62.4 cm³/mol. The van der Waals surface area contributed by atoms with Crippen molar-refractivity contribution >= 4 is 12.1 Å². The van der Waals surface area contributed by atoms with Gasteiger partial charge in [0, 0.05) is 20.0 Å². The summed E-state index contributed by atoms with van der Waals surface area (Å²) in [5, 5.41) is 0. The van der Waals surface area contributed by atoms with Gasteiger partial charge in [0.25, 0.3) is 0 Å². The molecular weight excluding hydrogens is 222 g/mol. The molecule has 0 aromatic carbocycles. The van der Waals surface area contributed by atoms with Gasteiger partial charge in [-0.05, 0) is 19.2 Å². The van der Waals surface area contributed by atoms with Crippen molar-refractivity contribution in [1.29, 1.82) is 0 Å². The van der Waals surface area contributed by atoms with E-state index in [2.05, 4.69) is 11.9 Å². The normalized spacial score (nSPS) is 15.9. The van der Waals surface area contributed by atoms with Crippen molar-refractivity contribution in [3.8, 4) is 0 Å². The maximum atomic E-state index is 10.6. The molecule has 0 aliphatic carbocycles. The SMILES string of the molecule is CC(=O)c1ccc(C=O)o1.CN1CCOCC1. The van der Waals surface area contributed by atoms with Gasteiger partial charge in [-0.15, -0.1) is 0 Å². The Kier molecular flexibility index (Phi) is 5.59. The molecule has 5 heteroatoms. The van der Waals surface area contributed by atoms with Gasteiger partial charge in [-0.25, -0.2) is 0 Å². The Morgan fingerprint density at radius 3 is 2.29 bits per heavy atom. The van der Waals surface area contributed by atoms with Crippen molar-refractivity contribution in [3.05, 3.63) is 23.7 Å². The van der Waals surface area contributed by atoms with Gasteiger partial charge in [0.2, 0.25) is 0 Å². The molecule has 1 saturated heterocycles. The summed E-state index contributed by atoms with van der Waals surface area (Å²) in [6.45, 7) is 5.40. The molecule has 0 spiro atoms. The first-order valence-corrected chi connectivity index (χ1v) is 5.45. The van der Waals surface area contributed by atoms with Crippen molar-refractivity contribution in [2.24, 2.45) is 0 Å². The van der Waals surface area contributed by atoms with Gasteiger partial charge in [0.15, 0.2) is 23.6 Å². The highest BCUT2D eigenvalue weighted by molar-refractivity contribution is 5.92. The number of carbonyl (C=O) groups is 2. The molecule has 0 N–H and O–H groups in total. The Bertz CT molecular complexity index is 366. The van der Waals surface area contributed by atoms with Crippen LogP contribution in [0.25, 0.3) is 0 Å². The van der Waals surface area contributed by atoms with E-state index in [1.165, 1.54) is 19.1 Å². The summed E-state index contributed by atoms with van der Waals surface area (Å²) in [6, 6.07) is 2.94. The van der Waals surface area contributed by atoms with Crippen molar-refractivity contribution in [2.75, 3.05) is 33.4 Å². The van der Waals surface area contributed by atoms with Gasteiger partial charge in [-0.2, -0.15) is 0 Å². The fourth-order valence-corrected chi connectivity index (χ4v) is 1.26. The zero-order valence-corrected chi connectivity index (χ0v) is 10.1. The van der Waals surface area contributed by atoms with E-state index in [4.69, 9.17) is 9.15 Å². The van der Waals surface area contributed by atoms with Gasteiger partial charge in [0.05, 0.1) is 13.2 Å². The Morgan fingerprint density at radius 1 is 1.35 bits per heavy atom. The van der Waals surface area contributed by atoms with Crippen molar-refractivity contribution < 1.29 is 18.7 Å². The first-order chi connectivity index (χ1) is 8.13. The number of aldehydes is 1. The second-order valence-electron chi connectivity index (χ2n) is 3.79. The van der Waals surface area contributed by atoms with Crippen molar-refractivity contribution in [1.82, 2.24) is 4.90 Å². The topological polar surface area (TPSA) is 59.8 Å². The van der Waals surface area contributed by atoms with Crippen LogP contribution in [0.15, 0.2) is 16.5 Å². The largest absolute Gasteiger partial charge is 0.450 e. The minimum Gasteiger partial charge on any atom is -0.450 e. The highest BCUT2D eigenvalue weighted by Crippen LogP contribution is 2.05. The maximum absolute atomic E-state index is 10.6. The molecule has 2 heterocycles. The van der Waals surface area contributed by atoms with Gasteiger partial charge < -0.3 is 14.1 Å². The van der Waals surface area contributed by atoms with E-state index in [0.29, 0.717) is 6.29 Å². The third-order valence-corrected chi connectivity index (χ3v) is 2.32. The molecule has 1 aliphatic heterocycles. The highest BCUT2D eigenvalue weighted by Gasteiger charge is 2.04. The fraction of sp³-hybridized carbons (Fsp3) is 0.500. The summed E-state index contributed by atoms with van der Waals surface area (Å²) in [6.07, 6.45) is 0.562. The lowest BCUT2D eigenvalue weighted by molar-refractivity contribution is 0.0503. The molecule has 0 unspecified atom stereocenters. The molecular formula is C12H17NO4. The predicted octanol–water partition coefficient (Wildman–Crippen LogP) is 1.24. The molecule has 0 atom stereocenters. The van der Waals surface area contributed by atoms with E-state index in [-0.39, 0.29) is 17.3 Å². The number of ether oxygens (including phenoxy) is 1. The number of nitrogens with zero attached hydrogens (tertiary/aromatic N) is 1. The molecule has 94 valence electrons. The van der Waals surface area contributed by atoms with E-state index in [1.54, 1.807) is 0 Å². The van der Waals surface area contributed by atoms with Crippen molar-refractivity contribution in [3.63, 3.8) is 0 Å². The summed E-state index contributed by atoms with van der Waals surface area (Å²) in [7, 11) is 2.11.